The van der Waals surface area contributed by atoms with Crippen LogP contribution in [0, 0.1) is 0 Å². The second kappa shape index (κ2) is 5.66. The van der Waals surface area contributed by atoms with E-state index >= 15 is 0 Å². The van der Waals surface area contributed by atoms with E-state index in [9.17, 15) is 5.11 Å². The summed E-state index contributed by atoms with van der Waals surface area (Å²) in [5.41, 5.74) is 1.91. The molecule has 2 aromatic rings. The second-order valence-corrected chi connectivity index (χ2v) is 12.4. The van der Waals surface area contributed by atoms with Gasteiger partial charge >= 0.3 is 0 Å². The number of aromatic hydroxyl groups is 1. The van der Waals surface area contributed by atoms with Crippen molar-refractivity contribution in [1.82, 2.24) is 4.57 Å². The second-order valence-electron chi connectivity index (χ2n) is 6.16. The average Bonchev–Trinajstić information content (AvgIpc) is 2.64. The lowest BCUT2D eigenvalue weighted by Gasteiger charge is -2.13. The zero-order valence-corrected chi connectivity index (χ0v) is 14.6. The van der Waals surface area contributed by atoms with Crippen LogP contribution < -0.4 is 0 Å². The SMILES string of the molecule is CS/C(=N\C[Si](C)(C)C)c1c(O)n(C)c2ccccc12. The molecule has 5 heteroatoms. The minimum atomic E-state index is -1.24. The number of thioether (sulfide) groups is 1. The Morgan fingerprint density at radius 1 is 1.30 bits per heavy atom. The monoisotopic (exact) mass is 306 g/mol. The summed E-state index contributed by atoms with van der Waals surface area (Å²) in [7, 11) is 0.650. The molecule has 1 N–H and O–H groups in total. The Bertz CT molecular complexity index is 656. The molecule has 0 radical (unpaired) electrons. The van der Waals surface area contributed by atoms with Gasteiger partial charge in [0.05, 0.1) is 19.2 Å². The van der Waals surface area contributed by atoms with Gasteiger partial charge in [-0.2, -0.15) is 0 Å². The predicted molar refractivity (Wildman–Crippen MR) is 92.8 cm³/mol. The maximum absolute atomic E-state index is 10.4. The van der Waals surface area contributed by atoms with Gasteiger partial charge in [0.25, 0.3) is 0 Å². The fourth-order valence-corrected chi connectivity index (χ4v) is 3.49. The first kappa shape index (κ1) is 15.2. The van der Waals surface area contributed by atoms with Gasteiger partial charge in [-0.1, -0.05) is 37.8 Å². The van der Waals surface area contributed by atoms with Crippen molar-refractivity contribution in [2.24, 2.45) is 12.0 Å². The van der Waals surface area contributed by atoms with E-state index < -0.39 is 8.07 Å². The van der Waals surface area contributed by atoms with E-state index in [1.54, 1.807) is 11.8 Å². The van der Waals surface area contributed by atoms with Crippen molar-refractivity contribution in [2.75, 3.05) is 12.4 Å². The molecule has 0 amide bonds. The molecule has 2 rings (SSSR count). The summed E-state index contributed by atoms with van der Waals surface area (Å²) in [5, 5.41) is 12.4. The third-order valence-corrected chi connectivity index (χ3v) is 5.01. The Morgan fingerprint density at radius 2 is 1.95 bits per heavy atom. The number of rotatable bonds is 3. The van der Waals surface area contributed by atoms with Crippen LogP contribution in [-0.2, 0) is 7.05 Å². The number of aliphatic imine (C=N–C) groups is 1. The minimum Gasteiger partial charge on any atom is -0.494 e. The number of fused-ring (bicyclic) bond motifs is 1. The molecule has 0 spiro atoms. The minimum absolute atomic E-state index is 0.301. The van der Waals surface area contributed by atoms with Crippen LogP contribution in [0.5, 0.6) is 5.88 Å². The maximum Gasteiger partial charge on any atom is 0.202 e. The fourth-order valence-electron chi connectivity index (χ4n) is 2.15. The van der Waals surface area contributed by atoms with Gasteiger partial charge in [0.1, 0.15) is 5.04 Å². The number of aryl methyl sites for hydroxylation is 1. The quantitative estimate of drug-likeness (QED) is 0.531. The molecule has 0 atom stereocenters. The molecule has 0 fully saturated rings. The van der Waals surface area contributed by atoms with Crippen molar-refractivity contribution >= 4 is 35.8 Å². The summed E-state index contributed by atoms with van der Waals surface area (Å²) in [6.45, 7) is 6.91. The topological polar surface area (TPSA) is 37.5 Å². The lowest BCUT2D eigenvalue weighted by molar-refractivity contribution is 0.434. The summed E-state index contributed by atoms with van der Waals surface area (Å²) in [5.74, 6) is 0.301. The van der Waals surface area contributed by atoms with Gasteiger partial charge in [0.15, 0.2) is 0 Å². The van der Waals surface area contributed by atoms with Crippen LogP contribution in [0.3, 0.4) is 0 Å². The molecule has 0 aliphatic rings. The number of aromatic nitrogens is 1. The summed E-state index contributed by atoms with van der Waals surface area (Å²) in [4.78, 5) is 4.78. The smallest absolute Gasteiger partial charge is 0.202 e. The molecule has 1 aromatic carbocycles. The molecule has 0 aliphatic carbocycles. The largest absolute Gasteiger partial charge is 0.494 e. The first-order valence-electron chi connectivity index (χ1n) is 6.70. The van der Waals surface area contributed by atoms with E-state index in [1.807, 2.05) is 42.1 Å². The van der Waals surface area contributed by atoms with Gasteiger partial charge in [-0.3, -0.25) is 4.99 Å². The van der Waals surface area contributed by atoms with Crippen LogP contribution in [-0.4, -0.2) is 35.2 Å². The third kappa shape index (κ3) is 2.93. The van der Waals surface area contributed by atoms with Crippen molar-refractivity contribution in [3.63, 3.8) is 0 Å². The molecule has 108 valence electrons. The Hall–Kier alpha value is -1.20. The van der Waals surface area contributed by atoms with Crippen molar-refractivity contribution in [1.29, 1.82) is 0 Å². The molecule has 0 unspecified atom stereocenters. The molecule has 0 aliphatic heterocycles. The number of hydrogen-bond acceptors (Lipinski definition) is 3. The fraction of sp³-hybridized carbons (Fsp3) is 0.400. The summed E-state index contributed by atoms with van der Waals surface area (Å²) < 4.78 is 1.82. The molecule has 20 heavy (non-hydrogen) atoms. The van der Waals surface area contributed by atoms with Crippen LogP contribution in [0.2, 0.25) is 19.6 Å². The average molecular weight is 307 g/mol. The predicted octanol–water partition coefficient (Wildman–Crippen LogP) is 3.87. The van der Waals surface area contributed by atoms with Crippen LogP contribution in [0.15, 0.2) is 29.3 Å². The summed E-state index contributed by atoms with van der Waals surface area (Å²) in [6.07, 6.45) is 2.90. The van der Waals surface area contributed by atoms with Gasteiger partial charge in [-0.15, -0.1) is 11.8 Å². The van der Waals surface area contributed by atoms with Crippen LogP contribution in [0.1, 0.15) is 5.56 Å². The van der Waals surface area contributed by atoms with Crippen molar-refractivity contribution in [3.05, 3.63) is 29.8 Å². The molecule has 1 aromatic heterocycles. The highest BCUT2D eigenvalue weighted by Crippen LogP contribution is 2.33. The van der Waals surface area contributed by atoms with E-state index in [1.165, 1.54) is 0 Å². The molecule has 3 nitrogen and oxygen atoms in total. The van der Waals surface area contributed by atoms with E-state index in [0.717, 1.165) is 27.7 Å². The van der Waals surface area contributed by atoms with Gasteiger partial charge in [0, 0.05) is 18.6 Å². The molecule has 0 saturated carbocycles. The van der Waals surface area contributed by atoms with Crippen LogP contribution in [0.4, 0.5) is 0 Å². The van der Waals surface area contributed by atoms with E-state index in [2.05, 4.69) is 19.6 Å². The number of nitrogens with zero attached hydrogens (tertiary/aromatic N) is 2. The highest BCUT2D eigenvalue weighted by atomic mass is 32.2. The summed E-state index contributed by atoms with van der Waals surface area (Å²) >= 11 is 1.60. The molecule has 1 heterocycles. The standard InChI is InChI=1S/C15H22N2OSSi/c1-17-12-9-7-6-8-11(12)13(15(17)18)14(19-2)16-10-20(3,4)5/h6-9,18H,10H2,1-5H3/b16-14-. The Kier molecular flexibility index (Phi) is 4.30. The van der Waals surface area contributed by atoms with Gasteiger partial charge < -0.3 is 9.67 Å². The third-order valence-electron chi connectivity index (χ3n) is 3.18. The lowest BCUT2D eigenvalue weighted by atomic mass is 10.2. The van der Waals surface area contributed by atoms with Crippen molar-refractivity contribution in [2.45, 2.75) is 19.6 Å². The Balaban J connectivity index is 2.58. The van der Waals surface area contributed by atoms with E-state index in [-0.39, 0.29) is 0 Å². The van der Waals surface area contributed by atoms with Gasteiger partial charge in [-0.05, 0) is 12.3 Å². The number of hydrogen-bond donors (Lipinski definition) is 1. The summed E-state index contributed by atoms with van der Waals surface area (Å²) in [6, 6.07) is 8.06. The Labute approximate surface area is 125 Å². The number of benzene rings is 1. The normalized spacial score (nSPS) is 13.2. The van der Waals surface area contributed by atoms with E-state index in [0.29, 0.717) is 5.88 Å². The number of para-hydroxylation sites is 1. The van der Waals surface area contributed by atoms with Crippen molar-refractivity contribution in [3.8, 4) is 5.88 Å². The highest BCUT2D eigenvalue weighted by molar-refractivity contribution is 8.13. The van der Waals surface area contributed by atoms with E-state index in [4.69, 9.17) is 4.99 Å². The maximum atomic E-state index is 10.4. The Morgan fingerprint density at radius 3 is 2.55 bits per heavy atom. The van der Waals surface area contributed by atoms with Crippen molar-refractivity contribution < 1.29 is 5.11 Å². The van der Waals surface area contributed by atoms with Crippen LogP contribution in [0.25, 0.3) is 10.9 Å². The lowest BCUT2D eigenvalue weighted by Crippen LogP contribution is -2.25. The van der Waals surface area contributed by atoms with Gasteiger partial charge in [0.2, 0.25) is 5.88 Å². The molecular weight excluding hydrogens is 284 g/mol. The van der Waals surface area contributed by atoms with Gasteiger partial charge in [-0.25, -0.2) is 0 Å². The zero-order valence-electron chi connectivity index (χ0n) is 12.8. The van der Waals surface area contributed by atoms with Crippen LogP contribution >= 0.6 is 11.8 Å². The molecule has 0 bridgehead atoms. The highest BCUT2D eigenvalue weighted by Gasteiger charge is 2.20. The zero-order chi connectivity index (χ0) is 14.9. The first-order valence-corrected chi connectivity index (χ1v) is 11.6. The molecule has 0 saturated heterocycles. The molecular formula is C15H22N2OSSi. The first-order chi connectivity index (χ1) is 9.35.